The van der Waals surface area contributed by atoms with Crippen molar-refractivity contribution in [2.45, 2.75) is 19.9 Å². The van der Waals surface area contributed by atoms with Gasteiger partial charge in [0.25, 0.3) is 0 Å². The Hall–Kier alpha value is -1.49. The second-order valence-electron chi connectivity index (χ2n) is 4.62. The molecule has 106 valence electrons. The van der Waals surface area contributed by atoms with E-state index in [0.717, 1.165) is 17.7 Å². The van der Waals surface area contributed by atoms with E-state index in [2.05, 4.69) is 21.2 Å². The topological polar surface area (TPSA) is 12.0 Å². The van der Waals surface area contributed by atoms with Crippen molar-refractivity contribution >= 4 is 21.6 Å². The predicted octanol–water partition coefficient (Wildman–Crippen LogP) is 5.35. The van der Waals surface area contributed by atoms with Gasteiger partial charge < -0.3 is 5.32 Å². The molecule has 5 heteroatoms. The van der Waals surface area contributed by atoms with E-state index in [1.807, 2.05) is 0 Å². The van der Waals surface area contributed by atoms with Crippen molar-refractivity contribution < 1.29 is 13.2 Å². The average molecular weight is 344 g/mol. The molecule has 20 heavy (non-hydrogen) atoms. The van der Waals surface area contributed by atoms with E-state index < -0.39 is 11.6 Å². The first-order chi connectivity index (χ1) is 9.38. The number of hydrogen-bond donors (Lipinski definition) is 1. The van der Waals surface area contributed by atoms with Gasteiger partial charge in [-0.1, -0.05) is 6.07 Å². The minimum atomic E-state index is -0.517. The Morgan fingerprint density at radius 2 is 1.70 bits per heavy atom. The summed E-state index contributed by atoms with van der Waals surface area (Å²) < 4.78 is 40.7. The highest BCUT2D eigenvalue weighted by atomic mass is 79.9. The molecular formula is C15H13BrF3N. The quantitative estimate of drug-likeness (QED) is 0.792. The Morgan fingerprint density at radius 1 is 1.00 bits per heavy atom. The summed E-state index contributed by atoms with van der Waals surface area (Å²) in [6.45, 7) is 3.29. The standard InChI is InChI=1S/C15H13BrF3N/c1-8-5-14(19)15(7-13(8)18)20-9(2)10-3-4-12(17)11(16)6-10/h3-7,9,20H,1-2H3. The molecule has 0 bridgehead atoms. The normalized spacial score (nSPS) is 12.3. The van der Waals surface area contributed by atoms with Gasteiger partial charge >= 0.3 is 0 Å². The maximum absolute atomic E-state index is 13.8. The Morgan fingerprint density at radius 3 is 2.35 bits per heavy atom. The van der Waals surface area contributed by atoms with Gasteiger partial charge in [-0.05, 0) is 59.1 Å². The van der Waals surface area contributed by atoms with Crippen LogP contribution in [0.15, 0.2) is 34.8 Å². The van der Waals surface area contributed by atoms with Crippen LogP contribution in [-0.2, 0) is 0 Å². The SMILES string of the molecule is Cc1cc(F)c(NC(C)c2ccc(F)c(Br)c2)cc1F. The van der Waals surface area contributed by atoms with Crippen molar-refractivity contribution in [1.29, 1.82) is 0 Å². The average Bonchev–Trinajstić information content (AvgIpc) is 2.39. The minimum Gasteiger partial charge on any atom is -0.376 e. The Labute approximate surface area is 123 Å². The molecular weight excluding hydrogens is 331 g/mol. The largest absolute Gasteiger partial charge is 0.376 e. The fourth-order valence-corrected chi connectivity index (χ4v) is 2.25. The number of anilines is 1. The monoisotopic (exact) mass is 343 g/mol. The maximum atomic E-state index is 13.8. The van der Waals surface area contributed by atoms with Gasteiger partial charge in [-0.2, -0.15) is 0 Å². The second-order valence-corrected chi connectivity index (χ2v) is 5.48. The predicted molar refractivity (Wildman–Crippen MR) is 77.2 cm³/mol. The van der Waals surface area contributed by atoms with Gasteiger partial charge in [0.2, 0.25) is 0 Å². The van der Waals surface area contributed by atoms with Crippen molar-refractivity contribution in [3.8, 4) is 0 Å². The van der Waals surface area contributed by atoms with E-state index in [1.54, 1.807) is 19.1 Å². The molecule has 0 saturated heterocycles. The third-order valence-corrected chi connectivity index (χ3v) is 3.67. The van der Waals surface area contributed by atoms with E-state index in [9.17, 15) is 13.2 Å². The van der Waals surface area contributed by atoms with Gasteiger partial charge in [-0.15, -0.1) is 0 Å². The minimum absolute atomic E-state index is 0.0843. The lowest BCUT2D eigenvalue weighted by Gasteiger charge is -2.17. The zero-order chi connectivity index (χ0) is 14.9. The molecule has 1 nitrogen and oxygen atoms in total. The molecule has 0 heterocycles. The summed E-state index contributed by atoms with van der Waals surface area (Å²) in [6, 6.07) is 6.51. The summed E-state index contributed by atoms with van der Waals surface area (Å²) >= 11 is 3.10. The summed E-state index contributed by atoms with van der Waals surface area (Å²) in [7, 11) is 0. The van der Waals surface area contributed by atoms with Crippen LogP contribution in [-0.4, -0.2) is 0 Å². The van der Waals surface area contributed by atoms with Gasteiger partial charge in [0.15, 0.2) is 0 Å². The molecule has 2 aromatic carbocycles. The fraction of sp³-hybridized carbons (Fsp3) is 0.200. The van der Waals surface area contributed by atoms with Gasteiger partial charge in [-0.25, -0.2) is 13.2 Å². The number of nitrogens with one attached hydrogen (secondary N) is 1. The molecule has 0 aromatic heterocycles. The number of aryl methyl sites for hydroxylation is 1. The molecule has 1 atom stereocenters. The molecule has 0 radical (unpaired) electrons. The maximum Gasteiger partial charge on any atom is 0.146 e. The van der Waals surface area contributed by atoms with E-state index in [1.165, 1.54) is 13.0 Å². The van der Waals surface area contributed by atoms with Crippen LogP contribution >= 0.6 is 15.9 Å². The summed E-state index contributed by atoms with van der Waals surface area (Å²) in [5, 5.41) is 2.88. The van der Waals surface area contributed by atoms with Crippen LogP contribution in [0.4, 0.5) is 18.9 Å². The molecule has 0 saturated carbocycles. The van der Waals surface area contributed by atoms with Crippen molar-refractivity contribution in [3.05, 3.63) is 63.4 Å². The zero-order valence-electron chi connectivity index (χ0n) is 11.0. The molecule has 2 rings (SSSR count). The van der Waals surface area contributed by atoms with Crippen LogP contribution in [0.25, 0.3) is 0 Å². The van der Waals surface area contributed by atoms with Crippen LogP contribution in [0.1, 0.15) is 24.1 Å². The summed E-state index contributed by atoms with van der Waals surface area (Å²) in [5.74, 6) is -1.35. The molecule has 0 fully saturated rings. The first-order valence-electron chi connectivity index (χ1n) is 6.05. The van der Waals surface area contributed by atoms with Crippen LogP contribution < -0.4 is 5.32 Å². The Bertz CT molecular complexity index is 643. The number of hydrogen-bond acceptors (Lipinski definition) is 1. The van der Waals surface area contributed by atoms with E-state index in [0.29, 0.717) is 4.47 Å². The lowest BCUT2D eigenvalue weighted by molar-refractivity contribution is 0.592. The van der Waals surface area contributed by atoms with Crippen LogP contribution in [0.2, 0.25) is 0 Å². The highest BCUT2D eigenvalue weighted by Crippen LogP contribution is 2.26. The van der Waals surface area contributed by atoms with Crippen LogP contribution in [0.3, 0.4) is 0 Å². The molecule has 0 aliphatic rings. The highest BCUT2D eigenvalue weighted by Gasteiger charge is 2.12. The molecule has 0 aliphatic carbocycles. The smallest absolute Gasteiger partial charge is 0.146 e. The van der Waals surface area contributed by atoms with E-state index >= 15 is 0 Å². The number of benzene rings is 2. The van der Waals surface area contributed by atoms with Crippen LogP contribution in [0, 0.1) is 24.4 Å². The second kappa shape index (κ2) is 5.87. The fourth-order valence-electron chi connectivity index (χ4n) is 1.86. The molecule has 0 aliphatic heterocycles. The molecule has 0 spiro atoms. The lowest BCUT2D eigenvalue weighted by Crippen LogP contribution is -2.09. The van der Waals surface area contributed by atoms with Crippen molar-refractivity contribution in [2.75, 3.05) is 5.32 Å². The third-order valence-electron chi connectivity index (χ3n) is 3.06. The van der Waals surface area contributed by atoms with E-state index in [-0.39, 0.29) is 23.1 Å². The molecule has 1 unspecified atom stereocenters. The summed E-state index contributed by atoms with van der Waals surface area (Å²) in [6.07, 6.45) is 0. The molecule has 0 amide bonds. The number of halogens is 4. The molecule has 2 aromatic rings. The third kappa shape index (κ3) is 3.15. The van der Waals surface area contributed by atoms with Gasteiger partial charge in [-0.3, -0.25) is 0 Å². The Balaban J connectivity index is 2.25. The lowest BCUT2D eigenvalue weighted by atomic mass is 10.1. The highest BCUT2D eigenvalue weighted by molar-refractivity contribution is 9.10. The van der Waals surface area contributed by atoms with Crippen molar-refractivity contribution in [3.63, 3.8) is 0 Å². The summed E-state index contributed by atoms with van der Waals surface area (Å²) in [4.78, 5) is 0. The van der Waals surface area contributed by atoms with Crippen molar-refractivity contribution in [1.82, 2.24) is 0 Å². The Kier molecular flexibility index (Phi) is 4.38. The van der Waals surface area contributed by atoms with Gasteiger partial charge in [0, 0.05) is 12.1 Å². The van der Waals surface area contributed by atoms with Crippen molar-refractivity contribution in [2.24, 2.45) is 0 Å². The molecule has 1 N–H and O–H groups in total. The van der Waals surface area contributed by atoms with E-state index in [4.69, 9.17) is 0 Å². The van der Waals surface area contributed by atoms with Crippen LogP contribution in [0.5, 0.6) is 0 Å². The first kappa shape index (κ1) is 14.9. The number of rotatable bonds is 3. The van der Waals surface area contributed by atoms with Gasteiger partial charge in [0.1, 0.15) is 17.5 Å². The van der Waals surface area contributed by atoms with Gasteiger partial charge in [0.05, 0.1) is 10.2 Å². The zero-order valence-corrected chi connectivity index (χ0v) is 12.6. The summed E-state index contributed by atoms with van der Waals surface area (Å²) in [5.41, 5.74) is 1.10. The first-order valence-corrected chi connectivity index (χ1v) is 6.85.